The monoisotopic (exact) mass is 523 g/mol. The summed E-state index contributed by atoms with van der Waals surface area (Å²) in [6.45, 7) is 6.00. The zero-order valence-corrected chi connectivity index (χ0v) is 21.5. The molecule has 1 aliphatic rings. The van der Waals surface area contributed by atoms with Crippen LogP contribution in [0.4, 0.5) is 18.9 Å². The second-order valence-corrected chi connectivity index (χ2v) is 9.65. The van der Waals surface area contributed by atoms with Crippen LogP contribution in [0.25, 0.3) is 22.6 Å². The molecule has 0 unspecified atom stereocenters. The van der Waals surface area contributed by atoms with Gasteiger partial charge in [-0.2, -0.15) is 18.3 Å². The topological polar surface area (TPSA) is 90.6 Å². The van der Waals surface area contributed by atoms with Crippen molar-refractivity contribution in [1.29, 1.82) is 0 Å². The number of hydrogen-bond donors (Lipinski definition) is 1. The molecule has 1 saturated carbocycles. The van der Waals surface area contributed by atoms with E-state index in [1.165, 1.54) is 6.33 Å². The van der Waals surface area contributed by atoms with Gasteiger partial charge < -0.3 is 14.6 Å². The number of aromatic nitrogens is 6. The minimum absolute atomic E-state index is 0.166. The van der Waals surface area contributed by atoms with E-state index < -0.39 is 11.9 Å². The lowest BCUT2D eigenvalue weighted by Gasteiger charge is -2.14. The number of benzene rings is 1. The molecule has 38 heavy (non-hydrogen) atoms. The van der Waals surface area contributed by atoms with E-state index >= 15 is 0 Å². The number of hydrogen-bond acceptors (Lipinski definition) is 7. The van der Waals surface area contributed by atoms with Gasteiger partial charge in [-0.1, -0.05) is 24.3 Å². The van der Waals surface area contributed by atoms with Gasteiger partial charge in [-0.3, -0.25) is 0 Å². The molecule has 0 amide bonds. The Bertz CT molecular complexity index is 1440. The van der Waals surface area contributed by atoms with E-state index in [2.05, 4.69) is 30.5 Å². The van der Waals surface area contributed by atoms with Gasteiger partial charge in [0.05, 0.1) is 29.7 Å². The molecule has 4 aromatic rings. The summed E-state index contributed by atoms with van der Waals surface area (Å²) in [7, 11) is 1.57. The highest BCUT2D eigenvalue weighted by Gasteiger charge is 2.35. The average Bonchev–Trinajstić information content (AvgIpc) is 3.64. The fraction of sp³-hybridized carbons (Fsp3) is 0.370. The number of nitrogens with zero attached hydrogens (tertiary/aromatic N) is 6. The molecule has 0 saturated heterocycles. The minimum atomic E-state index is -4.50. The third-order valence-electron chi connectivity index (χ3n) is 6.51. The van der Waals surface area contributed by atoms with E-state index in [4.69, 9.17) is 4.74 Å². The fourth-order valence-electron chi connectivity index (χ4n) is 4.30. The van der Waals surface area contributed by atoms with Gasteiger partial charge in [0.25, 0.3) is 0 Å². The molecule has 0 atom stereocenters. The number of aryl methyl sites for hydroxylation is 1. The van der Waals surface area contributed by atoms with Crippen LogP contribution in [0, 0.1) is 6.92 Å². The van der Waals surface area contributed by atoms with E-state index in [0.29, 0.717) is 29.6 Å². The van der Waals surface area contributed by atoms with E-state index in [-0.39, 0.29) is 11.9 Å². The predicted octanol–water partition coefficient (Wildman–Crippen LogP) is 6.20. The minimum Gasteiger partial charge on any atom is -0.480 e. The van der Waals surface area contributed by atoms with Gasteiger partial charge in [0.1, 0.15) is 17.8 Å². The van der Waals surface area contributed by atoms with E-state index in [1.54, 1.807) is 23.8 Å². The highest BCUT2D eigenvalue weighted by molar-refractivity contribution is 5.71. The van der Waals surface area contributed by atoms with Gasteiger partial charge in [-0.05, 0) is 45.2 Å². The number of methoxy groups -OCH3 is 1. The molecule has 198 valence electrons. The van der Waals surface area contributed by atoms with Crippen molar-refractivity contribution in [2.75, 3.05) is 12.4 Å². The van der Waals surface area contributed by atoms with Crippen LogP contribution >= 0.6 is 0 Å². The SMILES string of the molecule is COc1ncnc(C2CC2)c1-c1cc(NCc2ccc(-c3nc(C(F)(F)F)cn3C(C)C)cc2)c(C)nn1. The molecule has 0 spiro atoms. The summed E-state index contributed by atoms with van der Waals surface area (Å²) in [4.78, 5) is 12.6. The molecule has 1 aromatic carbocycles. The summed E-state index contributed by atoms with van der Waals surface area (Å²) in [5.41, 5.74) is 4.52. The predicted molar refractivity (Wildman–Crippen MR) is 137 cm³/mol. The Hall–Kier alpha value is -4.02. The molecule has 3 heterocycles. The number of alkyl halides is 3. The van der Waals surface area contributed by atoms with Crippen LogP contribution in [0.15, 0.2) is 42.9 Å². The lowest BCUT2D eigenvalue weighted by atomic mass is 10.1. The van der Waals surface area contributed by atoms with Gasteiger partial charge >= 0.3 is 6.18 Å². The largest absolute Gasteiger partial charge is 0.480 e. The van der Waals surface area contributed by atoms with Crippen LogP contribution < -0.4 is 10.1 Å². The number of imidazole rings is 1. The molecule has 0 aliphatic heterocycles. The summed E-state index contributed by atoms with van der Waals surface area (Å²) in [5, 5.41) is 12.1. The van der Waals surface area contributed by atoms with Gasteiger partial charge in [0.2, 0.25) is 5.88 Å². The quantitative estimate of drug-likeness (QED) is 0.294. The summed E-state index contributed by atoms with van der Waals surface area (Å²) in [5.74, 6) is 1.13. The number of anilines is 1. The average molecular weight is 524 g/mol. The maximum atomic E-state index is 13.3. The van der Waals surface area contributed by atoms with Crippen LogP contribution in [0.2, 0.25) is 0 Å². The van der Waals surface area contributed by atoms with Gasteiger partial charge in [0, 0.05) is 30.3 Å². The molecule has 0 radical (unpaired) electrons. The number of nitrogens with one attached hydrogen (secondary N) is 1. The van der Waals surface area contributed by atoms with Crippen LogP contribution in [0.5, 0.6) is 5.88 Å². The van der Waals surface area contributed by atoms with Crippen molar-refractivity contribution in [3.63, 3.8) is 0 Å². The van der Waals surface area contributed by atoms with Gasteiger partial charge in [-0.25, -0.2) is 15.0 Å². The second-order valence-electron chi connectivity index (χ2n) is 9.65. The number of rotatable bonds is 8. The summed E-state index contributed by atoms with van der Waals surface area (Å²) in [6.07, 6.45) is 0.222. The van der Waals surface area contributed by atoms with Crippen molar-refractivity contribution >= 4 is 5.69 Å². The first-order valence-electron chi connectivity index (χ1n) is 12.4. The van der Waals surface area contributed by atoms with Crippen molar-refractivity contribution in [2.45, 2.75) is 58.3 Å². The molecule has 11 heteroatoms. The molecule has 8 nitrogen and oxygen atoms in total. The maximum absolute atomic E-state index is 13.3. The summed E-state index contributed by atoms with van der Waals surface area (Å²) in [6, 6.07) is 9.07. The standard InChI is InChI=1S/C27H28F3N7O/c1-15(2)37-13-22(27(28,29)30)34-25(37)19-7-5-17(6-8-19)12-31-20-11-21(36-35-16(20)3)23-24(18-9-10-18)32-14-33-26(23)38-4/h5-8,11,13-15,18H,9-10,12H2,1-4H3,(H,31,36). The van der Waals surface area contributed by atoms with Crippen molar-refractivity contribution in [2.24, 2.45) is 0 Å². The number of ether oxygens (including phenoxy) is 1. The van der Waals surface area contributed by atoms with Crippen LogP contribution in [-0.4, -0.2) is 36.8 Å². The Morgan fingerprint density at radius 2 is 1.84 bits per heavy atom. The third kappa shape index (κ3) is 5.18. The normalized spacial score (nSPS) is 13.7. The first-order chi connectivity index (χ1) is 18.2. The second kappa shape index (κ2) is 10.0. The highest BCUT2D eigenvalue weighted by atomic mass is 19.4. The van der Waals surface area contributed by atoms with Gasteiger partial charge in [0.15, 0.2) is 5.69 Å². The molecule has 1 N–H and O–H groups in total. The Balaban J connectivity index is 1.37. The molecule has 0 bridgehead atoms. The molecular formula is C27H28F3N7O. The molecular weight excluding hydrogens is 495 g/mol. The first-order valence-corrected chi connectivity index (χ1v) is 12.4. The molecule has 3 aromatic heterocycles. The van der Waals surface area contributed by atoms with Crippen molar-refractivity contribution in [3.8, 4) is 28.5 Å². The smallest absolute Gasteiger partial charge is 0.434 e. The van der Waals surface area contributed by atoms with Crippen LogP contribution in [-0.2, 0) is 12.7 Å². The van der Waals surface area contributed by atoms with E-state index in [0.717, 1.165) is 47.2 Å². The Kier molecular flexibility index (Phi) is 6.77. The maximum Gasteiger partial charge on any atom is 0.434 e. The van der Waals surface area contributed by atoms with Crippen LogP contribution in [0.1, 0.15) is 61.3 Å². The van der Waals surface area contributed by atoms with Crippen LogP contribution in [0.3, 0.4) is 0 Å². The summed E-state index contributed by atoms with van der Waals surface area (Å²) >= 11 is 0. The third-order valence-corrected chi connectivity index (χ3v) is 6.51. The Morgan fingerprint density at radius 3 is 2.47 bits per heavy atom. The fourth-order valence-corrected chi connectivity index (χ4v) is 4.30. The zero-order chi connectivity index (χ0) is 27.0. The zero-order valence-electron chi connectivity index (χ0n) is 21.5. The van der Waals surface area contributed by atoms with Crippen molar-refractivity contribution in [1.82, 2.24) is 29.7 Å². The van der Waals surface area contributed by atoms with E-state index in [1.807, 2.05) is 39.0 Å². The summed E-state index contributed by atoms with van der Waals surface area (Å²) < 4.78 is 46.8. The van der Waals surface area contributed by atoms with Crippen molar-refractivity contribution < 1.29 is 17.9 Å². The molecule has 1 fully saturated rings. The number of halogens is 3. The highest BCUT2D eigenvalue weighted by Crippen LogP contribution is 2.45. The lowest BCUT2D eigenvalue weighted by molar-refractivity contribution is -0.140. The lowest BCUT2D eigenvalue weighted by Crippen LogP contribution is -2.06. The Labute approximate surface area is 218 Å². The van der Waals surface area contributed by atoms with Crippen molar-refractivity contribution in [3.05, 3.63) is 65.5 Å². The van der Waals surface area contributed by atoms with Gasteiger partial charge in [-0.15, -0.1) is 5.10 Å². The molecule has 5 rings (SSSR count). The Morgan fingerprint density at radius 1 is 1.11 bits per heavy atom. The van der Waals surface area contributed by atoms with E-state index in [9.17, 15) is 13.2 Å². The first kappa shape index (κ1) is 25.6. The molecule has 1 aliphatic carbocycles.